The molecule has 1 heterocycles. The summed E-state index contributed by atoms with van der Waals surface area (Å²) in [6.45, 7) is 7.35. The van der Waals surface area contributed by atoms with E-state index < -0.39 is 0 Å². The van der Waals surface area contributed by atoms with E-state index in [4.69, 9.17) is 5.73 Å². The zero-order valence-corrected chi connectivity index (χ0v) is 9.43. The molecule has 4 nitrogen and oxygen atoms in total. The summed E-state index contributed by atoms with van der Waals surface area (Å²) in [4.78, 5) is 24.0. The van der Waals surface area contributed by atoms with Gasteiger partial charge in [-0.15, -0.1) is 6.58 Å². The maximum atomic E-state index is 11.5. The van der Waals surface area contributed by atoms with Crippen LogP contribution in [0, 0.1) is 0 Å². The first-order valence-electron chi connectivity index (χ1n) is 5.07. The molecule has 2 amide bonds. The summed E-state index contributed by atoms with van der Waals surface area (Å²) >= 11 is 0. The van der Waals surface area contributed by atoms with Gasteiger partial charge in [-0.1, -0.05) is 24.8 Å². The number of nitrogens with zero attached hydrogens (tertiary/aromatic N) is 1. The highest BCUT2D eigenvalue weighted by molar-refractivity contribution is 6.21. The molecule has 17 heavy (non-hydrogen) atoms. The summed E-state index contributed by atoms with van der Waals surface area (Å²) in [6.07, 6.45) is 2.89. The summed E-state index contributed by atoms with van der Waals surface area (Å²) in [5.74, 6) is -0.591. The van der Waals surface area contributed by atoms with Crippen LogP contribution in [0.1, 0.15) is 20.7 Å². The highest BCUT2D eigenvalue weighted by atomic mass is 16.2. The van der Waals surface area contributed by atoms with E-state index in [2.05, 4.69) is 13.2 Å². The molecule has 1 aromatic rings. The standard InChI is InChI=1S/C10H7NO2.C3H7N/c1-2-11-9(12)7-5-3-4-6-8(7)10(11)13;1-2-3-4/h2-6H,1H2;2H,1,3-4H2. The summed E-state index contributed by atoms with van der Waals surface area (Å²) in [7, 11) is 0. The third kappa shape index (κ3) is 2.49. The third-order valence-corrected chi connectivity index (χ3v) is 2.17. The van der Waals surface area contributed by atoms with Crippen LogP contribution in [0.25, 0.3) is 0 Å². The molecule has 0 atom stereocenters. The summed E-state index contributed by atoms with van der Waals surface area (Å²) in [6, 6.07) is 6.74. The van der Waals surface area contributed by atoms with Crippen LogP contribution < -0.4 is 5.73 Å². The maximum absolute atomic E-state index is 11.5. The fourth-order valence-electron chi connectivity index (χ4n) is 1.37. The van der Waals surface area contributed by atoms with Crippen LogP contribution in [0.4, 0.5) is 0 Å². The van der Waals surface area contributed by atoms with E-state index >= 15 is 0 Å². The van der Waals surface area contributed by atoms with Gasteiger partial charge in [0.25, 0.3) is 11.8 Å². The van der Waals surface area contributed by atoms with Crippen LogP contribution in [-0.4, -0.2) is 23.3 Å². The molecule has 0 unspecified atom stereocenters. The Morgan fingerprint density at radius 3 is 1.82 bits per heavy atom. The molecule has 4 heteroatoms. The molecule has 2 N–H and O–H groups in total. The molecule has 0 saturated carbocycles. The molecular formula is C13H14N2O2. The number of hydrogen-bond acceptors (Lipinski definition) is 3. The van der Waals surface area contributed by atoms with Gasteiger partial charge in [0.2, 0.25) is 0 Å². The minimum absolute atomic E-state index is 0.296. The molecule has 2 rings (SSSR count). The molecule has 0 bridgehead atoms. The summed E-state index contributed by atoms with van der Waals surface area (Å²) in [5.41, 5.74) is 5.81. The Bertz CT molecular complexity index is 431. The smallest absolute Gasteiger partial charge is 0.265 e. The normalized spacial score (nSPS) is 12.6. The molecular weight excluding hydrogens is 216 g/mol. The molecule has 0 spiro atoms. The van der Waals surface area contributed by atoms with Gasteiger partial charge in [-0.3, -0.25) is 9.59 Å². The van der Waals surface area contributed by atoms with Crippen LogP contribution in [0.15, 0.2) is 49.7 Å². The average molecular weight is 230 g/mol. The Hall–Kier alpha value is -2.20. The number of amides is 2. The topological polar surface area (TPSA) is 63.4 Å². The van der Waals surface area contributed by atoms with Gasteiger partial charge < -0.3 is 5.73 Å². The van der Waals surface area contributed by atoms with Gasteiger partial charge in [0.05, 0.1) is 11.1 Å². The van der Waals surface area contributed by atoms with Crippen molar-refractivity contribution in [3.8, 4) is 0 Å². The predicted molar refractivity (Wildman–Crippen MR) is 66.4 cm³/mol. The number of fused-ring (bicyclic) bond motifs is 1. The molecule has 1 aliphatic heterocycles. The Balaban J connectivity index is 0.000000317. The minimum atomic E-state index is -0.296. The zero-order chi connectivity index (χ0) is 12.8. The van der Waals surface area contributed by atoms with Crippen molar-refractivity contribution in [3.05, 3.63) is 60.8 Å². The number of nitrogens with two attached hydrogens (primary N) is 1. The van der Waals surface area contributed by atoms with Crippen molar-refractivity contribution >= 4 is 11.8 Å². The zero-order valence-electron chi connectivity index (χ0n) is 9.43. The van der Waals surface area contributed by atoms with Crippen LogP contribution in [0.5, 0.6) is 0 Å². The van der Waals surface area contributed by atoms with Gasteiger partial charge in [0, 0.05) is 12.7 Å². The fraction of sp³-hybridized carbons (Fsp3) is 0.0769. The average Bonchev–Trinajstić information content (AvgIpc) is 2.62. The van der Waals surface area contributed by atoms with Crippen LogP contribution in [-0.2, 0) is 0 Å². The summed E-state index contributed by atoms with van der Waals surface area (Å²) < 4.78 is 0. The van der Waals surface area contributed by atoms with Gasteiger partial charge in [-0.25, -0.2) is 4.90 Å². The second-order valence-electron chi connectivity index (χ2n) is 3.23. The van der Waals surface area contributed by atoms with Crippen LogP contribution in [0.2, 0.25) is 0 Å². The van der Waals surface area contributed by atoms with Gasteiger partial charge >= 0.3 is 0 Å². The van der Waals surface area contributed by atoms with Crippen LogP contribution >= 0.6 is 0 Å². The largest absolute Gasteiger partial charge is 0.327 e. The van der Waals surface area contributed by atoms with Crippen molar-refractivity contribution in [1.82, 2.24) is 4.90 Å². The number of hydrogen-bond donors (Lipinski definition) is 1. The Kier molecular flexibility index (Phi) is 4.37. The monoisotopic (exact) mass is 230 g/mol. The van der Waals surface area contributed by atoms with Crippen molar-refractivity contribution in [3.63, 3.8) is 0 Å². The van der Waals surface area contributed by atoms with Crippen molar-refractivity contribution in [2.24, 2.45) is 5.73 Å². The van der Waals surface area contributed by atoms with Gasteiger partial charge in [0.1, 0.15) is 0 Å². The third-order valence-electron chi connectivity index (χ3n) is 2.17. The minimum Gasteiger partial charge on any atom is -0.327 e. The number of benzene rings is 1. The number of carbonyl (C=O) groups is 2. The van der Waals surface area contributed by atoms with E-state index in [0.29, 0.717) is 17.7 Å². The molecule has 0 radical (unpaired) electrons. The van der Waals surface area contributed by atoms with E-state index in [1.807, 2.05) is 0 Å². The van der Waals surface area contributed by atoms with Crippen molar-refractivity contribution in [2.45, 2.75) is 0 Å². The molecule has 1 aliphatic rings. The predicted octanol–water partition coefficient (Wildman–Crippen LogP) is 1.56. The van der Waals surface area contributed by atoms with Crippen molar-refractivity contribution in [2.75, 3.05) is 6.54 Å². The first-order chi connectivity index (χ1) is 8.17. The van der Waals surface area contributed by atoms with Gasteiger partial charge in [-0.2, -0.15) is 0 Å². The second-order valence-corrected chi connectivity index (χ2v) is 3.23. The lowest BCUT2D eigenvalue weighted by atomic mass is 10.1. The quantitative estimate of drug-likeness (QED) is 0.619. The lowest BCUT2D eigenvalue weighted by Gasteiger charge is -2.04. The van der Waals surface area contributed by atoms with E-state index in [9.17, 15) is 9.59 Å². The highest BCUT2D eigenvalue weighted by Gasteiger charge is 2.32. The number of carbonyl (C=O) groups excluding carboxylic acids is 2. The fourth-order valence-corrected chi connectivity index (χ4v) is 1.37. The molecule has 88 valence electrons. The molecule has 0 fully saturated rings. The van der Waals surface area contributed by atoms with E-state index in [0.717, 1.165) is 4.90 Å². The molecule has 0 aromatic heterocycles. The molecule has 0 aliphatic carbocycles. The lowest BCUT2D eigenvalue weighted by molar-refractivity contribution is 0.0722. The highest BCUT2D eigenvalue weighted by Crippen LogP contribution is 2.21. The Morgan fingerprint density at radius 2 is 1.53 bits per heavy atom. The van der Waals surface area contributed by atoms with Gasteiger partial charge in [0.15, 0.2) is 0 Å². The number of rotatable bonds is 2. The SMILES string of the molecule is C=CCN.C=CN1C(=O)c2ccccc2C1=O. The maximum Gasteiger partial charge on any atom is 0.265 e. The summed E-state index contributed by atoms with van der Waals surface area (Å²) in [5, 5.41) is 0. The Morgan fingerprint density at radius 1 is 1.12 bits per heavy atom. The van der Waals surface area contributed by atoms with Crippen molar-refractivity contribution in [1.29, 1.82) is 0 Å². The first-order valence-corrected chi connectivity index (χ1v) is 5.07. The molecule has 1 aromatic carbocycles. The second kappa shape index (κ2) is 5.77. The van der Waals surface area contributed by atoms with E-state index in [1.165, 1.54) is 6.20 Å². The van der Waals surface area contributed by atoms with E-state index in [1.54, 1.807) is 30.3 Å². The van der Waals surface area contributed by atoms with Crippen molar-refractivity contribution < 1.29 is 9.59 Å². The van der Waals surface area contributed by atoms with Crippen LogP contribution in [0.3, 0.4) is 0 Å². The lowest BCUT2D eigenvalue weighted by Crippen LogP contribution is -2.22. The molecule has 0 saturated heterocycles. The number of imide groups is 1. The van der Waals surface area contributed by atoms with Gasteiger partial charge in [-0.05, 0) is 12.1 Å². The van der Waals surface area contributed by atoms with E-state index in [-0.39, 0.29) is 11.8 Å². The first kappa shape index (κ1) is 12.9. The Labute approximate surface area is 100 Å².